The molecule has 1 aliphatic carbocycles. The summed E-state index contributed by atoms with van der Waals surface area (Å²) in [7, 11) is 3.52. The van der Waals surface area contributed by atoms with E-state index in [1.54, 1.807) is 19.0 Å². The zero-order valence-corrected chi connectivity index (χ0v) is 16.1. The highest BCUT2D eigenvalue weighted by atomic mass is 127. The van der Waals surface area contributed by atoms with E-state index in [9.17, 15) is 4.79 Å². The zero-order valence-electron chi connectivity index (χ0n) is 13.8. The number of amides is 1. The molecule has 0 aromatic heterocycles. The number of aliphatic imine (C=N–C) groups is 1. The minimum atomic E-state index is 0. The van der Waals surface area contributed by atoms with Crippen molar-refractivity contribution in [2.24, 2.45) is 10.9 Å². The first-order valence-corrected chi connectivity index (χ1v) is 7.79. The molecule has 1 aliphatic rings. The molecule has 5 nitrogen and oxygen atoms in total. The lowest BCUT2D eigenvalue weighted by Gasteiger charge is -2.31. The van der Waals surface area contributed by atoms with E-state index in [0.717, 1.165) is 18.9 Å². The van der Waals surface area contributed by atoms with Gasteiger partial charge in [-0.15, -0.1) is 24.0 Å². The third-order valence-electron chi connectivity index (χ3n) is 3.85. The van der Waals surface area contributed by atoms with Gasteiger partial charge in [0.15, 0.2) is 5.96 Å². The van der Waals surface area contributed by atoms with E-state index < -0.39 is 0 Å². The average molecular weight is 410 g/mol. The summed E-state index contributed by atoms with van der Waals surface area (Å²) < 4.78 is 0. The minimum Gasteiger partial charge on any atom is -0.356 e. The van der Waals surface area contributed by atoms with E-state index in [-0.39, 0.29) is 36.4 Å². The van der Waals surface area contributed by atoms with Gasteiger partial charge in [-0.1, -0.05) is 26.7 Å². The third kappa shape index (κ3) is 7.87. The molecule has 0 bridgehead atoms. The van der Waals surface area contributed by atoms with Crippen LogP contribution in [-0.4, -0.2) is 50.0 Å². The van der Waals surface area contributed by atoms with Gasteiger partial charge in [0.05, 0.1) is 0 Å². The number of hydrogen-bond acceptors (Lipinski definition) is 2. The van der Waals surface area contributed by atoms with Crippen LogP contribution in [0.2, 0.25) is 0 Å². The first kappa shape index (κ1) is 20.5. The van der Waals surface area contributed by atoms with Gasteiger partial charge in [-0.05, 0) is 25.2 Å². The Hall–Kier alpha value is -0.530. The largest absolute Gasteiger partial charge is 0.356 e. The number of hydrogen-bond donors (Lipinski definition) is 2. The fraction of sp³-hybridized carbons (Fsp3) is 0.867. The highest BCUT2D eigenvalue weighted by Crippen LogP contribution is 2.23. The van der Waals surface area contributed by atoms with Crippen molar-refractivity contribution < 1.29 is 4.79 Å². The van der Waals surface area contributed by atoms with Gasteiger partial charge in [-0.3, -0.25) is 4.79 Å². The SMILES string of the molecule is CCCNC(=NCC(=O)N(C)C)NC1CCCCC1C.I. The molecule has 124 valence electrons. The Morgan fingerprint density at radius 2 is 1.95 bits per heavy atom. The number of likely N-dealkylation sites (N-methyl/N-ethyl adjacent to an activating group) is 1. The molecule has 2 N–H and O–H groups in total. The summed E-state index contributed by atoms with van der Waals surface area (Å²) in [5.74, 6) is 1.47. The van der Waals surface area contributed by atoms with Gasteiger partial charge in [0, 0.05) is 26.7 Å². The van der Waals surface area contributed by atoms with Crippen LogP contribution in [0.1, 0.15) is 46.0 Å². The number of halogens is 1. The lowest BCUT2D eigenvalue weighted by atomic mass is 9.86. The maximum Gasteiger partial charge on any atom is 0.243 e. The topological polar surface area (TPSA) is 56.7 Å². The Morgan fingerprint density at radius 1 is 1.29 bits per heavy atom. The van der Waals surface area contributed by atoms with Gasteiger partial charge in [0.2, 0.25) is 5.91 Å². The Morgan fingerprint density at radius 3 is 2.52 bits per heavy atom. The van der Waals surface area contributed by atoms with Crippen LogP contribution in [0, 0.1) is 5.92 Å². The zero-order chi connectivity index (χ0) is 15.0. The van der Waals surface area contributed by atoms with Crippen LogP contribution >= 0.6 is 24.0 Å². The maximum atomic E-state index is 11.6. The number of nitrogens with zero attached hydrogens (tertiary/aromatic N) is 2. The molecule has 0 aliphatic heterocycles. The Kier molecular flexibility index (Phi) is 10.8. The van der Waals surface area contributed by atoms with Gasteiger partial charge in [-0.2, -0.15) is 0 Å². The molecule has 0 aromatic carbocycles. The summed E-state index contributed by atoms with van der Waals surface area (Å²) >= 11 is 0. The quantitative estimate of drug-likeness (QED) is 0.415. The fourth-order valence-electron chi connectivity index (χ4n) is 2.39. The Balaban J connectivity index is 0.00000400. The molecule has 6 heteroatoms. The van der Waals surface area contributed by atoms with Crippen molar-refractivity contribution in [2.45, 2.75) is 52.0 Å². The second kappa shape index (κ2) is 11.1. The molecule has 2 atom stereocenters. The van der Waals surface area contributed by atoms with Crippen molar-refractivity contribution in [3.05, 3.63) is 0 Å². The van der Waals surface area contributed by atoms with E-state index in [2.05, 4.69) is 29.5 Å². The summed E-state index contributed by atoms with van der Waals surface area (Å²) in [5.41, 5.74) is 0. The van der Waals surface area contributed by atoms with Gasteiger partial charge >= 0.3 is 0 Å². The predicted octanol–water partition coefficient (Wildman–Crippen LogP) is 2.22. The summed E-state index contributed by atoms with van der Waals surface area (Å²) in [6, 6.07) is 0.473. The first-order chi connectivity index (χ1) is 9.54. The fourth-order valence-corrected chi connectivity index (χ4v) is 2.39. The number of carbonyl (C=O) groups excluding carboxylic acids is 1. The van der Waals surface area contributed by atoms with Gasteiger partial charge < -0.3 is 15.5 Å². The molecular weight excluding hydrogens is 379 g/mol. The highest BCUT2D eigenvalue weighted by Gasteiger charge is 2.22. The summed E-state index contributed by atoms with van der Waals surface area (Å²) in [6.45, 7) is 5.49. The summed E-state index contributed by atoms with van der Waals surface area (Å²) in [4.78, 5) is 17.6. The normalized spacial score (nSPS) is 22.2. The van der Waals surface area contributed by atoms with E-state index in [4.69, 9.17) is 0 Å². The summed E-state index contributed by atoms with van der Waals surface area (Å²) in [6.07, 6.45) is 6.11. The minimum absolute atomic E-state index is 0. The number of nitrogens with one attached hydrogen (secondary N) is 2. The van der Waals surface area contributed by atoms with Crippen molar-refractivity contribution in [3.8, 4) is 0 Å². The van der Waals surface area contributed by atoms with E-state index >= 15 is 0 Å². The van der Waals surface area contributed by atoms with Crippen molar-refractivity contribution >= 4 is 35.8 Å². The molecule has 21 heavy (non-hydrogen) atoms. The molecule has 0 saturated heterocycles. The Labute approximate surface area is 146 Å². The van der Waals surface area contributed by atoms with Crippen LogP contribution < -0.4 is 10.6 Å². The second-order valence-corrected chi connectivity index (χ2v) is 5.89. The highest BCUT2D eigenvalue weighted by molar-refractivity contribution is 14.0. The van der Waals surface area contributed by atoms with Crippen molar-refractivity contribution in [3.63, 3.8) is 0 Å². The van der Waals surface area contributed by atoms with Crippen LogP contribution in [0.15, 0.2) is 4.99 Å². The van der Waals surface area contributed by atoms with Crippen LogP contribution in [0.3, 0.4) is 0 Å². The molecular formula is C15H31IN4O. The Bertz CT molecular complexity index is 334. The molecule has 1 rings (SSSR count). The smallest absolute Gasteiger partial charge is 0.243 e. The lowest BCUT2D eigenvalue weighted by Crippen LogP contribution is -2.47. The molecule has 1 amide bonds. The van der Waals surface area contributed by atoms with E-state index in [1.165, 1.54) is 25.7 Å². The lowest BCUT2D eigenvalue weighted by molar-refractivity contribution is -0.127. The van der Waals surface area contributed by atoms with Gasteiger partial charge in [-0.25, -0.2) is 4.99 Å². The molecule has 2 unspecified atom stereocenters. The molecule has 1 saturated carbocycles. The van der Waals surface area contributed by atoms with Crippen LogP contribution in [-0.2, 0) is 4.79 Å². The van der Waals surface area contributed by atoms with E-state index in [1.807, 2.05) is 0 Å². The molecule has 0 radical (unpaired) electrons. The monoisotopic (exact) mass is 410 g/mol. The van der Waals surface area contributed by atoms with Crippen LogP contribution in [0.5, 0.6) is 0 Å². The predicted molar refractivity (Wildman–Crippen MR) is 99.3 cm³/mol. The van der Waals surface area contributed by atoms with Crippen molar-refractivity contribution in [2.75, 3.05) is 27.2 Å². The molecule has 0 aromatic rings. The molecule has 0 heterocycles. The van der Waals surface area contributed by atoms with Gasteiger partial charge in [0.1, 0.15) is 6.54 Å². The number of rotatable bonds is 5. The molecule has 0 spiro atoms. The number of guanidine groups is 1. The molecule has 1 fully saturated rings. The third-order valence-corrected chi connectivity index (χ3v) is 3.85. The first-order valence-electron chi connectivity index (χ1n) is 7.79. The van der Waals surface area contributed by atoms with Crippen molar-refractivity contribution in [1.29, 1.82) is 0 Å². The van der Waals surface area contributed by atoms with Crippen molar-refractivity contribution in [1.82, 2.24) is 15.5 Å². The van der Waals surface area contributed by atoms with E-state index in [0.29, 0.717) is 12.0 Å². The van der Waals surface area contributed by atoms with Gasteiger partial charge in [0.25, 0.3) is 0 Å². The standard InChI is InChI=1S/C15H30N4O.HI/c1-5-10-16-15(17-11-14(20)19(3)4)18-13-9-7-6-8-12(13)2;/h12-13H,5-11H2,1-4H3,(H2,16,17,18);1H. The maximum absolute atomic E-state index is 11.6. The second-order valence-electron chi connectivity index (χ2n) is 5.89. The average Bonchev–Trinajstić information content (AvgIpc) is 2.43. The van der Waals surface area contributed by atoms with Crippen LogP contribution in [0.25, 0.3) is 0 Å². The van der Waals surface area contributed by atoms with Crippen LogP contribution in [0.4, 0.5) is 0 Å². The number of carbonyl (C=O) groups is 1. The summed E-state index contributed by atoms with van der Waals surface area (Å²) in [5, 5.41) is 6.80.